The predicted octanol–water partition coefficient (Wildman–Crippen LogP) is 4.68. The van der Waals surface area contributed by atoms with Crippen LogP contribution in [0.15, 0.2) is 70.0 Å². The molecule has 0 aliphatic carbocycles. The number of carbonyl (C=O) groups excluding carboxylic acids is 2. The van der Waals surface area contributed by atoms with E-state index in [9.17, 15) is 23.1 Å². The molecule has 1 heterocycles. The first-order valence-corrected chi connectivity index (χ1v) is 18.7. The van der Waals surface area contributed by atoms with Crippen molar-refractivity contribution in [2.24, 2.45) is 17.0 Å². The number of rotatable bonds is 17. The second-order valence-corrected chi connectivity index (χ2v) is 16.1. The van der Waals surface area contributed by atoms with E-state index < -0.39 is 40.1 Å². The number of nitrogens with zero attached hydrogens (tertiary/aromatic N) is 4. The summed E-state index contributed by atoms with van der Waals surface area (Å²) in [5, 5.41) is 32.1. The maximum Gasteiger partial charge on any atom is 0.318 e. The van der Waals surface area contributed by atoms with Crippen molar-refractivity contribution >= 4 is 39.5 Å². The van der Waals surface area contributed by atoms with Crippen LogP contribution in [0.25, 0.3) is 0 Å². The number of hydrogen-bond acceptors (Lipinski definition) is 9. The van der Waals surface area contributed by atoms with Crippen LogP contribution in [0.5, 0.6) is 0 Å². The van der Waals surface area contributed by atoms with Gasteiger partial charge in [-0.1, -0.05) is 89.2 Å². The third-order valence-electron chi connectivity index (χ3n) is 7.81. The van der Waals surface area contributed by atoms with Gasteiger partial charge in [0.05, 0.1) is 40.5 Å². The molecule has 1 aromatic heterocycles. The highest BCUT2D eigenvalue weighted by atomic mass is 32.2. The summed E-state index contributed by atoms with van der Waals surface area (Å²) in [7, 11) is -2.42. The van der Waals surface area contributed by atoms with Gasteiger partial charge in [-0.25, -0.2) is 18.2 Å². The van der Waals surface area contributed by atoms with Crippen molar-refractivity contribution in [2.75, 3.05) is 20.1 Å². The Morgan fingerprint density at radius 1 is 0.980 bits per heavy atom. The molecule has 3 rings (SSSR count). The van der Waals surface area contributed by atoms with Crippen molar-refractivity contribution in [2.45, 2.75) is 83.5 Å². The van der Waals surface area contributed by atoms with Crippen molar-refractivity contribution in [3.05, 3.63) is 81.8 Å². The van der Waals surface area contributed by atoms with Crippen molar-refractivity contribution in [3.8, 4) is 0 Å². The Labute approximate surface area is 294 Å². The maximum atomic E-state index is 13.8. The standard InChI is InChI=1S/C35H50N6O6S2/c1-23(2)19-41(49(46,47)29-15-13-27(14-16-29)18-36-45)21-31(42)30(17-26-11-9-8-10-12-26)38-33(43)32(24(3)4)39-35(44)40(7)20-28-22-48-34(37-28)25(5)6/h8-16,18,22-25,30-32,42,45H,17,19-21H2,1-7H3,(H,38,43)(H,39,44)/b36-18+/t30-,31+,32?/m0/s1. The molecule has 1 unspecified atom stereocenters. The lowest BCUT2D eigenvalue weighted by Gasteiger charge is -2.32. The zero-order valence-electron chi connectivity index (χ0n) is 29.3. The average molecular weight is 715 g/mol. The van der Waals surface area contributed by atoms with E-state index in [0.29, 0.717) is 5.56 Å². The number of thiazole rings is 1. The quantitative estimate of drug-likeness (QED) is 0.0896. The van der Waals surface area contributed by atoms with Gasteiger partial charge in [-0.3, -0.25) is 4.79 Å². The van der Waals surface area contributed by atoms with Crippen LogP contribution >= 0.6 is 11.3 Å². The molecule has 0 radical (unpaired) electrons. The lowest BCUT2D eigenvalue weighted by Crippen LogP contribution is -2.58. The summed E-state index contributed by atoms with van der Waals surface area (Å²) >= 11 is 1.54. The third kappa shape index (κ3) is 11.6. The van der Waals surface area contributed by atoms with Gasteiger partial charge >= 0.3 is 6.03 Å². The van der Waals surface area contributed by atoms with Crippen molar-refractivity contribution in [1.82, 2.24) is 24.8 Å². The Bertz CT molecular complexity index is 1630. The molecule has 0 saturated carbocycles. The minimum Gasteiger partial charge on any atom is -0.411 e. The van der Waals surface area contributed by atoms with Gasteiger partial charge in [-0.05, 0) is 41.5 Å². The smallest absolute Gasteiger partial charge is 0.318 e. The van der Waals surface area contributed by atoms with Gasteiger partial charge in [0.2, 0.25) is 15.9 Å². The van der Waals surface area contributed by atoms with Gasteiger partial charge < -0.3 is 25.8 Å². The van der Waals surface area contributed by atoms with E-state index in [-0.39, 0.29) is 48.7 Å². The summed E-state index contributed by atoms with van der Waals surface area (Å²) in [6.07, 6.45) is 0.112. The largest absolute Gasteiger partial charge is 0.411 e. The van der Waals surface area contributed by atoms with Crippen LogP contribution in [0.2, 0.25) is 0 Å². The number of benzene rings is 2. The molecule has 3 atom stereocenters. The summed E-state index contributed by atoms with van der Waals surface area (Å²) in [4.78, 5) is 33.1. The molecule has 3 amide bonds. The van der Waals surface area contributed by atoms with Crippen LogP contribution in [0, 0.1) is 11.8 Å². The van der Waals surface area contributed by atoms with E-state index in [4.69, 9.17) is 5.21 Å². The molecule has 0 saturated heterocycles. The average Bonchev–Trinajstić information content (AvgIpc) is 3.52. The molecule has 49 heavy (non-hydrogen) atoms. The highest BCUT2D eigenvalue weighted by Gasteiger charge is 2.34. The number of hydrogen-bond donors (Lipinski definition) is 4. The number of amides is 3. The fraction of sp³-hybridized carbons (Fsp3) is 0.486. The number of aliphatic hydroxyl groups is 1. The Morgan fingerprint density at radius 2 is 1.63 bits per heavy atom. The van der Waals surface area contributed by atoms with Crippen molar-refractivity contribution < 1.29 is 28.3 Å². The van der Waals surface area contributed by atoms with E-state index in [1.807, 2.05) is 63.4 Å². The molecule has 0 spiro atoms. The second kappa shape index (κ2) is 18.2. The van der Waals surface area contributed by atoms with Crippen LogP contribution < -0.4 is 10.6 Å². The van der Waals surface area contributed by atoms with Gasteiger partial charge in [-0.15, -0.1) is 11.3 Å². The Morgan fingerprint density at radius 3 is 2.18 bits per heavy atom. The van der Waals surface area contributed by atoms with Crippen LogP contribution in [-0.4, -0.2) is 89.4 Å². The van der Waals surface area contributed by atoms with E-state index in [1.54, 1.807) is 18.4 Å². The van der Waals surface area contributed by atoms with Gasteiger partial charge in [0.15, 0.2) is 0 Å². The highest BCUT2D eigenvalue weighted by Crippen LogP contribution is 2.21. The predicted molar refractivity (Wildman–Crippen MR) is 192 cm³/mol. The van der Waals surface area contributed by atoms with E-state index >= 15 is 0 Å². The summed E-state index contributed by atoms with van der Waals surface area (Å²) in [5.74, 6) is -0.575. The van der Waals surface area contributed by atoms with Gasteiger partial charge in [0.1, 0.15) is 6.04 Å². The van der Waals surface area contributed by atoms with E-state index in [1.165, 1.54) is 39.7 Å². The number of nitrogens with one attached hydrogen (secondary N) is 2. The van der Waals surface area contributed by atoms with Crippen LogP contribution in [0.4, 0.5) is 4.79 Å². The SMILES string of the molecule is CC(C)CN(C[C@@H](O)[C@H](Cc1ccccc1)NC(=O)C(NC(=O)N(C)Cc1csc(C(C)C)n1)C(C)C)S(=O)(=O)c1ccc(/C=N/O)cc1. The lowest BCUT2D eigenvalue weighted by atomic mass is 9.98. The summed E-state index contributed by atoms with van der Waals surface area (Å²) in [5.41, 5.74) is 2.11. The molecule has 12 nitrogen and oxygen atoms in total. The minimum absolute atomic E-state index is 0.0175. The first kappa shape index (κ1) is 39.6. The first-order chi connectivity index (χ1) is 23.1. The van der Waals surface area contributed by atoms with E-state index in [0.717, 1.165) is 16.3 Å². The van der Waals surface area contributed by atoms with Crippen molar-refractivity contribution in [1.29, 1.82) is 0 Å². The first-order valence-electron chi connectivity index (χ1n) is 16.4. The number of aliphatic hydroxyl groups excluding tert-OH is 1. The molecular formula is C35H50N6O6S2. The fourth-order valence-corrected chi connectivity index (χ4v) is 7.58. The monoisotopic (exact) mass is 714 g/mol. The normalized spacial score (nSPS) is 14.0. The second-order valence-electron chi connectivity index (χ2n) is 13.3. The summed E-state index contributed by atoms with van der Waals surface area (Å²) < 4.78 is 28.8. The molecule has 3 aromatic rings. The molecule has 268 valence electrons. The topological polar surface area (TPSA) is 165 Å². The third-order valence-corrected chi connectivity index (χ3v) is 10.9. The number of urea groups is 1. The molecule has 4 N–H and O–H groups in total. The molecule has 14 heteroatoms. The van der Waals surface area contributed by atoms with Gasteiger partial charge in [0, 0.05) is 31.4 Å². The fourth-order valence-electron chi connectivity index (χ4n) is 5.13. The molecular weight excluding hydrogens is 665 g/mol. The van der Waals surface area contributed by atoms with Crippen LogP contribution in [0.3, 0.4) is 0 Å². The number of sulfonamides is 1. The number of oxime groups is 1. The Balaban J connectivity index is 1.83. The van der Waals surface area contributed by atoms with Gasteiger partial charge in [0.25, 0.3) is 0 Å². The number of aromatic nitrogens is 1. The lowest BCUT2D eigenvalue weighted by molar-refractivity contribution is -0.125. The van der Waals surface area contributed by atoms with Crippen LogP contribution in [-0.2, 0) is 27.8 Å². The molecule has 0 bridgehead atoms. The molecule has 0 aliphatic heterocycles. The molecule has 0 aliphatic rings. The van der Waals surface area contributed by atoms with Crippen LogP contribution in [0.1, 0.15) is 69.3 Å². The molecule has 0 fully saturated rings. The zero-order valence-corrected chi connectivity index (χ0v) is 30.9. The van der Waals surface area contributed by atoms with Crippen molar-refractivity contribution in [3.63, 3.8) is 0 Å². The number of carbonyl (C=O) groups is 2. The summed E-state index contributed by atoms with van der Waals surface area (Å²) in [6.45, 7) is 11.6. The maximum absolute atomic E-state index is 13.8. The van der Waals surface area contributed by atoms with Gasteiger partial charge in [-0.2, -0.15) is 4.31 Å². The van der Waals surface area contributed by atoms with E-state index in [2.05, 4.69) is 34.6 Å². The molecule has 2 aromatic carbocycles. The minimum atomic E-state index is -4.06. The summed E-state index contributed by atoms with van der Waals surface area (Å²) in [6, 6.07) is 12.9. The Kier molecular flexibility index (Phi) is 14.7. The zero-order chi connectivity index (χ0) is 36.3. The Hall–Kier alpha value is -3.85. The highest BCUT2D eigenvalue weighted by molar-refractivity contribution is 7.89.